The Hall–Kier alpha value is -3.01. The number of methoxy groups -OCH3 is 1. The smallest absolute Gasteiger partial charge is 0.338 e. The molecule has 7 heteroatoms. The lowest BCUT2D eigenvalue weighted by molar-refractivity contribution is -0.118. The second-order valence-electron chi connectivity index (χ2n) is 6.07. The van der Waals surface area contributed by atoms with Gasteiger partial charge in [-0.3, -0.25) is 4.79 Å². The van der Waals surface area contributed by atoms with Crippen LogP contribution in [0.3, 0.4) is 0 Å². The van der Waals surface area contributed by atoms with Gasteiger partial charge in [-0.25, -0.2) is 4.79 Å². The SMILES string of the molecule is COc1cc(C(=O)OCC(=O)/C(C#N)=C(\C)N)ccc1OCCC(C)C. The fourth-order valence-electron chi connectivity index (χ4n) is 1.98. The Morgan fingerprint density at radius 1 is 1.27 bits per heavy atom. The van der Waals surface area contributed by atoms with Gasteiger partial charge in [0.25, 0.3) is 0 Å². The molecule has 0 spiro atoms. The fraction of sp³-hybridized carbons (Fsp3) is 0.421. The van der Waals surface area contributed by atoms with Crippen LogP contribution in [-0.2, 0) is 9.53 Å². The molecule has 0 saturated carbocycles. The van der Waals surface area contributed by atoms with E-state index in [9.17, 15) is 9.59 Å². The molecule has 0 aliphatic carbocycles. The van der Waals surface area contributed by atoms with Crippen LogP contribution in [0.25, 0.3) is 0 Å². The van der Waals surface area contributed by atoms with E-state index in [1.165, 1.54) is 26.2 Å². The number of benzene rings is 1. The molecule has 0 amide bonds. The van der Waals surface area contributed by atoms with E-state index in [1.807, 2.05) is 0 Å². The van der Waals surface area contributed by atoms with Gasteiger partial charge in [0.05, 0.1) is 19.3 Å². The van der Waals surface area contributed by atoms with Crippen LogP contribution in [0.1, 0.15) is 37.6 Å². The highest BCUT2D eigenvalue weighted by molar-refractivity contribution is 6.02. The number of ether oxygens (including phenoxy) is 3. The van der Waals surface area contributed by atoms with Crippen LogP contribution in [-0.4, -0.2) is 32.1 Å². The van der Waals surface area contributed by atoms with Crippen molar-refractivity contribution in [1.82, 2.24) is 0 Å². The third-order valence-electron chi connectivity index (χ3n) is 3.47. The lowest BCUT2D eigenvalue weighted by Gasteiger charge is -2.13. The maximum absolute atomic E-state index is 12.1. The van der Waals surface area contributed by atoms with E-state index in [0.29, 0.717) is 24.0 Å². The summed E-state index contributed by atoms with van der Waals surface area (Å²) >= 11 is 0. The molecule has 7 nitrogen and oxygen atoms in total. The highest BCUT2D eigenvalue weighted by Crippen LogP contribution is 2.28. The van der Waals surface area contributed by atoms with E-state index < -0.39 is 18.4 Å². The quantitative estimate of drug-likeness (QED) is 0.409. The van der Waals surface area contributed by atoms with Gasteiger partial charge in [-0.2, -0.15) is 5.26 Å². The summed E-state index contributed by atoms with van der Waals surface area (Å²) in [7, 11) is 1.47. The Morgan fingerprint density at radius 2 is 1.96 bits per heavy atom. The molecule has 1 aromatic carbocycles. The summed E-state index contributed by atoms with van der Waals surface area (Å²) in [6, 6.07) is 6.31. The molecule has 1 aromatic rings. The number of carbonyl (C=O) groups excluding carboxylic acids is 2. The highest BCUT2D eigenvalue weighted by atomic mass is 16.5. The molecule has 0 atom stereocenters. The Bertz CT molecular complexity index is 728. The number of nitriles is 1. The molecule has 0 unspecified atom stereocenters. The number of hydrogen-bond donors (Lipinski definition) is 1. The molecule has 0 bridgehead atoms. The summed E-state index contributed by atoms with van der Waals surface area (Å²) in [6.45, 7) is 5.60. The Kier molecular flexibility index (Phi) is 8.16. The molecule has 0 saturated heterocycles. The molecule has 0 aliphatic rings. The zero-order valence-electron chi connectivity index (χ0n) is 15.5. The van der Waals surface area contributed by atoms with Gasteiger partial charge in [0, 0.05) is 5.70 Å². The van der Waals surface area contributed by atoms with Gasteiger partial charge in [-0.1, -0.05) is 13.8 Å². The number of rotatable bonds is 9. The first kappa shape index (κ1) is 21.0. The van der Waals surface area contributed by atoms with Crippen LogP contribution < -0.4 is 15.2 Å². The largest absolute Gasteiger partial charge is 0.493 e. The van der Waals surface area contributed by atoms with E-state index in [1.54, 1.807) is 12.1 Å². The number of allylic oxidation sites excluding steroid dienone is 1. The Morgan fingerprint density at radius 3 is 2.50 bits per heavy atom. The van der Waals surface area contributed by atoms with Crippen LogP contribution in [0.2, 0.25) is 0 Å². The molecular formula is C19H24N2O5. The van der Waals surface area contributed by atoms with E-state index in [-0.39, 0.29) is 16.8 Å². The van der Waals surface area contributed by atoms with Crippen LogP contribution in [0, 0.1) is 17.2 Å². The minimum Gasteiger partial charge on any atom is -0.493 e. The van der Waals surface area contributed by atoms with Crippen LogP contribution in [0.4, 0.5) is 0 Å². The molecule has 0 fully saturated rings. The molecular weight excluding hydrogens is 336 g/mol. The average Bonchev–Trinajstić information content (AvgIpc) is 2.59. The minimum atomic E-state index is -0.711. The maximum Gasteiger partial charge on any atom is 0.338 e. The van der Waals surface area contributed by atoms with E-state index in [2.05, 4.69) is 13.8 Å². The average molecular weight is 360 g/mol. The zero-order valence-corrected chi connectivity index (χ0v) is 15.5. The third-order valence-corrected chi connectivity index (χ3v) is 3.47. The predicted octanol–water partition coefficient (Wildman–Crippen LogP) is 2.60. The van der Waals surface area contributed by atoms with Gasteiger partial charge in [-0.05, 0) is 37.5 Å². The van der Waals surface area contributed by atoms with Crippen molar-refractivity contribution in [3.63, 3.8) is 0 Å². The summed E-state index contributed by atoms with van der Waals surface area (Å²) in [6.07, 6.45) is 0.893. The van der Waals surface area contributed by atoms with Gasteiger partial charge >= 0.3 is 5.97 Å². The van der Waals surface area contributed by atoms with Crippen molar-refractivity contribution >= 4 is 11.8 Å². The molecule has 2 N–H and O–H groups in total. The number of ketones is 1. The number of hydrogen-bond acceptors (Lipinski definition) is 7. The fourth-order valence-corrected chi connectivity index (χ4v) is 1.98. The van der Waals surface area contributed by atoms with Crippen molar-refractivity contribution in [2.45, 2.75) is 27.2 Å². The number of esters is 1. The summed E-state index contributed by atoms with van der Waals surface area (Å²) in [5.74, 6) is 0.0651. The first-order valence-electron chi connectivity index (χ1n) is 8.17. The number of nitrogens with zero attached hydrogens (tertiary/aromatic N) is 1. The summed E-state index contributed by atoms with van der Waals surface area (Å²) in [5.41, 5.74) is 5.51. The third kappa shape index (κ3) is 6.13. The van der Waals surface area contributed by atoms with Gasteiger partial charge in [-0.15, -0.1) is 0 Å². The zero-order chi connectivity index (χ0) is 19.7. The molecule has 0 aliphatic heterocycles. The van der Waals surface area contributed by atoms with Crippen molar-refractivity contribution in [1.29, 1.82) is 5.26 Å². The second-order valence-corrected chi connectivity index (χ2v) is 6.07. The van der Waals surface area contributed by atoms with E-state index in [0.717, 1.165) is 6.42 Å². The molecule has 26 heavy (non-hydrogen) atoms. The molecule has 140 valence electrons. The van der Waals surface area contributed by atoms with Crippen molar-refractivity contribution in [2.75, 3.05) is 20.3 Å². The minimum absolute atomic E-state index is 0.0816. The number of Topliss-reactive ketones (excluding diaryl/α,β-unsaturated/α-hetero) is 1. The van der Waals surface area contributed by atoms with Crippen molar-refractivity contribution < 1.29 is 23.8 Å². The standard InChI is InChI=1S/C19H24N2O5/c1-12(2)7-8-25-17-6-5-14(9-18(17)24-4)19(23)26-11-16(22)15(10-20)13(3)21/h5-6,9,12H,7-8,11,21H2,1-4H3/b15-13+. The first-order valence-corrected chi connectivity index (χ1v) is 8.17. The summed E-state index contributed by atoms with van der Waals surface area (Å²) in [4.78, 5) is 23.9. The molecule has 0 radical (unpaired) electrons. The van der Waals surface area contributed by atoms with Gasteiger partial charge in [0.15, 0.2) is 18.1 Å². The lowest BCUT2D eigenvalue weighted by Crippen LogP contribution is -2.17. The molecule has 0 heterocycles. The normalized spacial score (nSPS) is 11.4. The Balaban J connectivity index is 2.77. The Labute approximate surface area is 153 Å². The maximum atomic E-state index is 12.1. The van der Waals surface area contributed by atoms with Crippen molar-refractivity contribution in [3.8, 4) is 17.6 Å². The van der Waals surface area contributed by atoms with E-state index in [4.69, 9.17) is 25.2 Å². The second kappa shape index (κ2) is 10.1. The van der Waals surface area contributed by atoms with Gasteiger partial charge in [0.2, 0.25) is 5.78 Å². The van der Waals surface area contributed by atoms with E-state index >= 15 is 0 Å². The predicted molar refractivity (Wildman–Crippen MR) is 95.7 cm³/mol. The monoisotopic (exact) mass is 360 g/mol. The van der Waals surface area contributed by atoms with Gasteiger partial charge < -0.3 is 19.9 Å². The van der Waals surface area contributed by atoms with Crippen LogP contribution in [0.5, 0.6) is 11.5 Å². The molecule has 0 aromatic heterocycles. The van der Waals surface area contributed by atoms with Crippen molar-refractivity contribution in [3.05, 3.63) is 35.0 Å². The van der Waals surface area contributed by atoms with Gasteiger partial charge in [0.1, 0.15) is 11.6 Å². The summed E-state index contributed by atoms with van der Waals surface area (Å²) in [5, 5.41) is 8.87. The lowest BCUT2D eigenvalue weighted by atomic mass is 10.1. The topological polar surface area (TPSA) is 112 Å². The number of carbonyl (C=O) groups is 2. The first-order chi connectivity index (χ1) is 12.3. The van der Waals surface area contributed by atoms with Crippen LogP contribution >= 0.6 is 0 Å². The summed E-state index contributed by atoms with van der Waals surface area (Å²) < 4.78 is 15.8. The van der Waals surface area contributed by atoms with Crippen LogP contribution in [0.15, 0.2) is 29.5 Å². The highest BCUT2D eigenvalue weighted by Gasteiger charge is 2.17. The number of nitrogens with two attached hydrogens (primary N) is 1. The molecule has 1 rings (SSSR count). The van der Waals surface area contributed by atoms with Crippen molar-refractivity contribution in [2.24, 2.45) is 11.7 Å².